The van der Waals surface area contributed by atoms with Crippen molar-refractivity contribution in [3.05, 3.63) is 0 Å². The number of halogens is 3. The number of hydrogen-bond acceptors (Lipinski definition) is 6. The first kappa shape index (κ1) is 23.5. The van der Waals surface area contributed by atoms with Crippen LogP contribution in [-0.4, -0.2) is 49.8 Å². The largest absolute Gasteiger partial charge is 0.508 e. The first-order valence-electron chi connectivity index (χ1n) is 9.12. The van der Waals surface area contributed by atoms with Crippen molar-refractivity contribution in [3.8, 4) is 0 Å². The van der Waals surface area contributed by atoms with Crippen LogP contribution < -0.4 is 0 Å². The third kappa shape index (κ3) is 18.7. The molecule has 0 aliphatic carbocycles. The molecule has 0 unspecified atom stereocenters. The fraction of sp³-hybridized carbons (Fsp3) is 0.875. The molecule has 1 saturated heterocycles. The second kappa shape index (κ2) is 16.0. The normalized spacial score (nSPS) is 15.8. The number of ether oxygens (including phenoxy) is 3. The molecule has 0 spiro atoms. The van der Waals surface area contributed by atoms with Gasteiger partial charge in [0.25, 0.3) is 0 Å². The van der Waals surface area contributed by atoms with Gasteiger partial charge in [-0.1, -0.05) is 40.5 Å². The molecule has 0 aromatic rings. The van der Waals surface area contributed by atoms with Gasteiger partial charge in [0.15, 0.2) is 0 Å². The molecule has 1 heterocycles. The molecule has 152 valence electrons. The number of aliphatic hydroxyl groups excluding tert-OH is 1. The Morgan fingerprint density at radius 3 is 1.84 bits per heavy atom. The Morgan fingerprint density at radius 2 is 1.60 bits per heavy atom. The van der Waals surface area contributed by atoms with Crippen LogP contribution >= 0.6 is 0 Å². The summed E-state index contributed by atoms with van der Waals surface area (Å²) in [6.07, 6.45) is -3.17. The summed E-state index contributed by atoms with van der Waals surface area (Å²) in [5.74, 6) is -0.400. The van der Waals surface area contributed by atoms with E-state index in [1.807, 2.05) is 13.8 Å². The minimum atomic E-state index is -4.40. The molecule has 0 aromatic carbocycles. The van der Waals surface area contributed by atoms with E-state index in [2.05, 4.69) is 9.47 Å². The van der Waals surface area contributed by atoms with Crippen molar-refractivity contribution in [3.63, 3.8) is 0 Å². The number of hydrogen-bond donors (Lipinski definition) is 1. The van der Waals surface area contributed by atoms with E-state index >= 15 is 0 Å². The number of cyclic esters (lactones) is 2. The molecule has 1 aliphatic heterocycles. The van der Waals surface area contributed by atoms with E-state index < -0.39 is 30.3 Å². The molecule has 0 amide bonds. The van der Waals surface area contributed by atoms with Crippen LogP contribution in [0.3, 0.4) is 0 Å². The smallest absolute Gasteiger partial charge is 0.465 e. The minimum absolute atomic E-state index is 0.0185. The van der Waals surface area contributed by atoms with Gasteiger partial charge in [-0.2, -0.15) is 13.2 Å². The van der Waals surface area contributed by atoms with Crippen LogP contribution in [0.1, 0.15) is 57.1 Å². The Hall–Kier alpha value is -1.51. The molecule has 6 nitrogen and oxygen atoms in total. The number of esters is 1. The van der Waals surface area contributed by atoms with Gasteiger partial charge in [0.1, 0.15) is 25.2 Å². The topological polar surface area (TPSA) is 82.1 Å². The highest BCUT2D eigenvalue weighted by atomic mass is 19.4. The lowest BCUT2D eigenvalue weighted by Crippen LogP contribution is -2.44. The molecule has 25 heavy (non-hydrogen) atoms. The second-order valence-electron chi connectivity index (χ2n) is 4.88. The zero-order chi connectivity index (χ0) is 21.9. The number of rotatable bonds is 2. The average molecular weight is 380 g/mol. The van der Waals surface area contributed by atoms with Crippen molar-refractivity contribution in [2.75, 3.05) is 26.4 Å². The minimum Gasteiger partial charge on any atom is -0.465 e. The van der Waals surface area contributed by atoms with Gasteiger partial charge in [-0.05, 0) is 13.8 Å². The maximum atomic E-state index is 11.3. The molecule has 9 heteroatoms. The molecular formula is C16H31F3O6. The molecular weight excluding hydrogens is 345 g/mol. The van der Waals surface area contributed by atoms with E-state index in [4.69, 9.17) is 12.6 Å². The van der Waals surface area contributed by atoms with Crippen LogP contribution in [0.2, 0.25) is 0 Å². The Labute approximate surface area is 150 Å². The van der Waals surface area contributed by atoms with Gasteiger partial charge in [-0.25, -0.2) is 4.79 Å². The quantitative estimate of drug-likeness (QED) is 0.727. The van der Waals surface area contributed by atoms with Crippen molar-refractivity contribution in [1.29, 1.82) is 0 Å². The highest BCUT2D eigenvalue weighted by Crippen LogP contribution is 2.23. The van der Waals surface area contributed by atoms with Crippen molar-refractivity contribution < 1.29 is 44.8 Å². The highest BCUT2D eigenvalue weighted by molar-refractivity contribution is 5.78. The average Bonchev–Trinajstić information content (AvgIpc) is 2.64. The third-order valence-corrected chi connectivity index (χ3v) is 1.96. The third-order valence-electron chi connectivity index (χ3n) is 1.96. The lowest BCUT2D eigenvalue weighted by atomic mass is 9.93. The SMILES string of the molecule is CCOC(=O)C1(C)COC(=O)OC1.OCC(F)(F)F.[3H]CCC.[3H]CCC. The molecule has 0 radical (unpaired) electrons. The molecule has 1 rings (SSSR count). The van der Waals surface area contributed by atoms with E-state index in [1.54, 1.807) is 13.8 Å². The van der Waals surface area contributed by atoms with Gasteiger partial charge in [-0.15, -0.1) is 0 Å². The van der Waals surface area contributed by atoms with Crippen LogP contribution in [0.4, 0.5) is 18.0 Å². The molecule has 0 atom stereocenters. The van der Waals surface area contributed by atoms with Crippen LogP contribution in [0.25, 0.3) is 0 Å². The second-order valence-corrected chi connectivity index (χ2v) is 4.88. The summed E-state index contributed by atoms with van der Waals surface area (Å²) in [4.78, 5) is 21.9. The Morgan fingerprint density at radius 1 is 1.24 bits per heavy atom. The van der Waals surface area contributed by atoms with Gasteiger partial charge in [0.2, 0.25) is 0 Å². The summed E-state index contributed by atoms with van der Waals surface area (Å²) >= 11 is 0. The standard InChI is InChI=1S/C8H12O5.2C3H8.C2H3F3O/c1-3-11-6(9)8(2)4-12-7(10)13-5-8;2*1-3-2;3-2(4,5)1-6/h3-5H2,1-2H3;2*3H2,1-2H3;6H,1H2/i;2*1T;. The van der Waals surface area contributed by atoms with Crippen molar-refractivity contribution in [2.45, 2.75) is 60.5 Å². The predicted octanol–water partition coefficient (Wildman–Crippen LogP) is 4.10. The van der Waals surface area contributed by atoms with Crippen LogP contribution in [0.5, 0.6) is 0 Å². The summed E-state index contributed by atoms with van der Waals surface area (Å²) in [5, 5.41) is 7.28. The van der Waals surface area contributed by atoms with Gasteiger partial charge in [0.05, 0.1) is 6.61 Å². The van der Waals surface area contributed by atoms with E-state index in [0.29, 0.717) is 20.4 Å². The molecule has 1 fully saturated rings. The van der Waals surface area contributed by atoms with Gasteiger partial charge >= 0.3 is 18.3 Å². The van der Waals surface area contributed by atoms with Crippen molar-refractivity contribution in [2.24, 2.45) is 5.41 Å². The summed E-state index contributed by atoms with van der Waals surface area (Å²) in [6.45, 7) is 7.10. The van der Waals surface area contributed by atoms with Gasteiger partial charge in [0, 0.05) is 2.74 Å². The monoisotopic (exact) mass is 380 g/mol. The van der Waals surface area contributed by atoms with Crippen molar-refractivity contribution >= 4 is 12.1 Å². The number of carbonyl (C=O) groups excluding carboxylic acids is 2. The molecule has 0 bridgehead atoms. The maximum absolute atomic E-state index is 11.3. The Balaban J connectivity index is -0.000000343. The first-order chi connectivity index (χ1) is 12.5. The van der Waals surface area contributed by atoms with Crippen LogP contribution in [0.15, 0.2) is 0 Å². The molecule has 0 saturated carbocycles. The highest BCUT2D eigenvalue weighted by Gasteiger charge is 2.41. The fourth-order valence-corrected chi connectivity index (χ4v) is 0.943. The lowest BCUT2D eigenvalue weighted by molar-refractivity contribution is -0.165. The van der Waals surface area contributed by atoms with E-state index in [-0.39, 0.29) is 13.2 Å². The van der Waals surface area contributed by atoms with Crippen molar-refractivity contribution in [1.82, 2.24) is 0 Å². The molecule has 1 N–H and O–H groups in total. The van der Waals surface area contributed by atoms with Gasteiger partial charge in [-0.3, -0.25) is 4.79 Å². The zero-order valence-corrected chi connectivity index (χ0v) is 15.3. The van der Waals surface area contributed by atoms with E-state index in [0.717, 1.165) is 12.8 Å². The van der Waals surface area contributed by atoms with Crippen LogP contribution in [0, 0.1) is 5.41 Å². The Bertz CT molecular complexity index is 364. The summed E-state index contributed by atoms with van der Waals surface area (Å²) in [7, 11) is 0. The van der Waals surface area contributed by atoms with Crippen LogP contribution in [-0.2, 0) is 19.0 Å². The summed E-state index contributed by atoms with van der Waals surface area (Å²) < 4.78 is 58.5. The number of alkyl halides is 3. The maximum Gasteiger partial charge on any atom is 0.508 e. The fourth-order valence-electron chi connectivity index (χ4n) is 0.943. The first-order valence-corrected chi connectivity index (χ1v) is 7.70. The number of carbonyl (C=O) groups is 2. The summed E-state index contributed by atoms with van der Waals surface area (Å²) in [6, 6.07) is 0. The molecule has 1 aliphatic rings. The number of aliphatic hydroxyl groups is 1. The Kier molecular flexibility index (Phi) is 15.0. The summed E-state index contributed by atoms with van der Waals surface area (Å²) in [5.41, 5.74) is -0.857. The van der Waals surface area contributed by atoms with E-state index in [9.17, 15) is 22.8 Å². The lowest BCUT2D eigenvalue weighted by Gasteiger charge is -2.29. The molecule has 0 aromatic heterocycles. The predicted molar refractivity (Wildman–Crippen MR) is 87.1 cm³/mol. The van der Waals surface area contributed by atoms with Gasteiger partial charge < -0.3 is 19.3 Å². The van der Waals surface area contributed by atoms with E-state index in [1.165, 1.54) is 0 Å². The zero-order valence-electron chi connectivity index (χ0n) is 17.3.